The van der Waals surface area contributed by atoms with Crippen LogP contribution < -0.4 is 15.5 Å². The summed E-state index contributed by atoms with van der Waals surface area (Å²) in [7, 11) is 1.96. The van der Waals surface area contributed by atoms with Gasteiger partial charge in [0.25, 0.3) is 0 Å². The first-order valence-electron chi connectivity index (χ1n) is 7.63. The third-order valence-electron chi connectivity index (χ3n) is 3.56. The quantitative estimate of drug-likeness (QED) is 0.879. The zero-order valence-corrected chi connectivity index (χ0v) is 13.4. The van der Waals surface area contributed by atoms with E-state index in [1.807, 2.05) is 80.4 Å². The monoisotopic (exact) mass is 297 g/mol. The van der Waals surface area contributed by atoms with E-state index in [2.05, 4.69) is 0 Å². The van der Waals surface area contributed by atoms with E-state index in [0.717, 1.165) is 17.1 Å². The largest absolute Gasteiger partial charge is 0.371 e. The molecule has 4 heteroatoms. The number of carbonyl (C=O) groups excluding carboxylic acids is 1. The predicted octanol–water partition coefficient (Wildman–Crippen LogP) is 3.15. The lowest BCUT2D eigenvalue weighted by Gasteiger charge is -2.24. The Hall–Kier alpha value is -2.33. The molecule has 1 heterocycles. The fourth-order valence-electron chi connectivity index (χ4n) is 2.58. The van der Waals surface area contributed by atoms with Crippen LogP contribution in [0.15, 0.2) is 54.6 Å². The summed E-state index contributed by atoms with van der Waals surface area (Å²) in [4.78, 5) is 16.4. The summed E-state index contributed by atoms with van der Waals surface area (Å²) in [6.45, 7) is 4.51. The molecule has 22 heavy (non-hydrogen) atoms. The van der Waals surface area contributed by atoms with Gasteiger partial charge in [0.2, 0.25) is 5.91 Å². The lowest BCUT2D eigenvalue weighted by atomic mass is 10.2. The van der Waals surface area contributed by atoms with Gasteiger partial charge in [0.15, 0.2) is 0 Å². The molecule has 0 aliphatic carbocycles. The summed E-state index contributed by atoms with van der Waals surface area (Å²) >= 11 is 0. The number of hydrogen-bond acceptors (Lipinski definition) is 3. The van der Waals surface area contributed by atoms with Gasteiger partial charge in [-0.2, -0.15) is 0 Å². The SMILES string of the molecule is CC.CN1CC(N)C(=O)N(c2ccccc2)c2ccccc21. The fraction of sp³-hybridized carbons (Fsp3) is 0.278. The van der Waals surface area contributed by atoms with Crippen molar-refractivity contribution in [3.05, 3.63) is 54.6 Å². The van der Waals surface area contributed by atoms with Crippen molar-refractivity contribution in [3.63, 3.8) is 0 Å². The molecular weight excluding hydrogens is 274 g/mol. The Kier molecular flexibility index (Phi) is 5.17. The van der Waals surface area contributed by atoms with Gasteiger partial charge in [0, 0.05) is 19.3 Å². The van der Waals surface area contributed by atoms with Crippen LogP contribution in [0.5, 0.6) is 0 Å². The van der Waals surface area contributed by atoms with Gasteiger partial charge in [-0.05, 0) is 24.3 Å². The summed E-state index contributed by atoms with van der Waals surface area (Å²) in [6.07, 6.45) is 0. The van der Waals surface area contributed by atoms with Gasteiger partial charge in [0.1, 0.15) is 6.04 Å². The number of anilines is 3. The molecule has 1 amide bonds. The van der Waals surface area contributed by atoms with E-state index < -0.39 is 6.04 Å². The molecule has 2 aromatic carbocycles. The zero-order chi connectivity index (χ0) is 16.1. The van der Waals surface area contributed by atoms with Crippen LogP contribution >= 0.6 is 0 Å². The smallest absolute Gasteiger partial charge is 0.250 e. The minimum absolute atomic E-state index is 0.0759. The molecule has 0 spiro atoms. The molecule has 116 valence electrons. The average molecular weight is 297 g/mol. The Bertz CT molecular complexity index is 627. The number of fused-ring (bicyclic) bond motifs is 1. The standard InChI is InChI=1S/C16H17N3O.C2H6/c1-18-11-13(17)16(20)19(12-7-3-2-4-8-12)15-10-6-5-9-14(15)18;1-2/h2-10,13H,11,17H2,1H3;1-2H3. The van der Waals surface area contributed by atoms with Crippen LogP contribution in [-0.2, 0) is 4.79 Å². The van der Waals surface area contributed by atoms with Crippen LogP contribution in [-0.4, -0.2) is 25.5 Å². The highest BCUT2D eigenvalue weighted by Crippen LogP contribution is 2.36. The third kappa shape index (κ3) is 2.97. The van der Waals surface area contributed by atoms with Crippen molar-refractivity contribution in [2.45, 2.75) is 19.9 Å². The van der Waals surface area contributed by atoms with Crippen molar-refractivity contribution in [1.82, 2.24) is 0 Å². The minimum atomic E-state index is -0.535. The predicted molar refractivity (Wildman–Crippen MR) is 92.6 cm³/mol. The Morgan fingerprint density at radius 2 is 1.50 bits per heavy atom. The lowest BCUT2D eigenvalue weighted by molar-refractivity contribution is -0.118. The molecule has 0 fully saturated rings. The number of likely N-dealkylation sites (N-methyl/N-ethyl adjacent to an activating group) is 1. The molecule has 1 aliphatic heterocycles. The zero-order valence-electron chi connectivity index (χ0n) is 13.4. The van der Waals surface area contributed by atoms with Gasteiger partial charge in [0.05, 0.1) is 11.4 Å². The summed E-state index contributed by atoms with van der Waals surface area (Å²) < 4.78 is 0. The van der Waals surface area contributed by atoms with E-state index in [-0.39, 0.29) is 5.91 Å². The highest BCUT2D eigenvalue weighted by Gasteiger charge is 2.30. The van der Waals surface area contributed by atoms with Gasteiger partial charge in [-0.3, -0.25) is 9.69 Å². The number of nitrogens with zero attached hydrogens (tertiary/aromatic N) is 2. The second kappa shape index (κ2) is 7.09. The molecule has 2 N–H and O–H groups in total. The molecule has 1 atom stereocenters. The number of nitrogens with two attached hydrogens (primary N) is 1. The van der Waals surface area contributed by atoms with Crippen LogP contribution in [0.1, 0.15) is 13.8 Å². The molecule has 0 aromatic heterocycles. The number of rotatable bonds is 1. The maximum atomic E-state index is 12.6. The fourth-order valence-corrected chi connectivity index (χ4v) is 2.58. The summed E-state index contributed by atoms with van der Waals surface area (Å²) in [5.74, 6) is -0.0759. The molecule has 0 bridgehead atoms. The molecule has 2 aromatic rings. The van der Waals surface area contributed by atoms with Crippen molar-refractivity contribution >= 4 is 23.0 Å². The van der Waals surface area contributed by atoms with E-state index in [4.69, 9.17) is 5.73 Å². The summed E-state index contributed by atoms with van der Waals surface area (Å²) in [5.41, 5.74) is 8.77. The van der Waals surface area contributed by atoms with E-state index in [9.17, 15) is 4.79 Å². The Labute approximate surface area is 132 Å². The first-order chi connectivity index (χ1) is 10.7. The number of benzene rings is 2. The topological polar surface area (TPSA) is 49.6 Å². The molecule has 1 aliphatic rings. The summed E-state index contributed by atoms with van der Waals surface area (Å²) in [6, 6.07) is 17.0. The van der Waals surface area contributed by atoms with E-state index >= 15 is 0 Å². The average Bonchev–Trinajstić information content (AvgIpc) is 2.66. The van der Waals surface area contributed by atoms with Crippen LogP contribution in [0.25, 0.3) is 0 Å². The molecule has 3 rings (SSSR count). The number of amides is 1. The first kappa shape index (κ1) is 16.0. The van der Waals surface area contributed by atoms with Crippen molar-refractivity contribution in [3.8, 4) is 0 Å². The number of para-hydroxylation sites is 3. The molecular formula is C18H23N3O. The number of hydrogen-bond donors (Lipinski definition) is 1. The Morgan fingerprint density at radius 3 is 2.14 bits per heavy atom. The molecule has 4 nitrogen and oxygen atoms in total. The molecule has 0 radical (unpaired) electrons. The van der Waals surface area contributed by atoms with Crippen LogP contribution in [0.4, 0.5) is 17.1 Å². The normalized spacial score (nSPS) is 17.3. The molecule has 0 saturated heterocycles. The van der Waals surface area contributed by atoms with Gasteiger partial charge >= 0.3 is 0 Å². The van der Waals surface area contributed by atoms with Crippen molar-refractivity contribution in [2.24, 2.45) is 5.73 Å². The third-order valence-corrected chi connectivity index (χ3v) is 3.56. The second-order valence-corrected chi connectivity index (χ2v) is 4.98. The molecule has 0 saturated carbocycles. The van der Waals surface area contributed by atoms with Gasteiger partial charge < -0.3 is 10.6 Å². The highest BCUT2D eigenvalue weighted by molar-refractivity contribution is 6.07. The van der Waals surface area contributed by atoms with Crippen molar-refractivity contribution in [1.29, 1.82) is 0 Å². The van der Waals surface area contributed by atoms with Crippen LogP contribution in [0.2, 0.25) is 0 Å². The van der Waals surface area contributed by atoms with E-state index in [0.29, 0.717) is 6.54 Å². The van der Waals surface area contributed by atoms with E-state index in [1.165, 1.54) is 0 Å². The second-order valence-electron chi connectivity index (χ2n) is 4.98. The maximum Gasteiger partial charge on any atom is 0.250 e. The van der Waals surface area contributed by atoms with Crippen LogP contribution in [0.3, 0.4) is 0 Å². The Balaban J connectivity index is 0.000000847. The van der Waals surface area contributed by atoms with Gasteiger partial charge in [-0.15, -0.1) is 0 Å². The molecule has 1 unspecified atom stereocenters. The Morgan fingerprint density at radius 1 is 0.955 bits per heavy atom. The highest BCUT2D eigenvalue weighted by atomic mass is 16.2. The maximum absolute atomic E-state index is 12.6. The van der Waals surface area contributed by atoms with Gasteiger partial charge in [-0.25, -0.2) is 0 Å². The number of carbonyl (C=O) groups is 1. The minimum Gasteiger partial charge on any atom is -0.371 e. The lowest BCUT2D eigenvalue weighted by Crippen LogP contribution is -2.45. The first-order valence-corrected chi connectivity index (χ1v) is 7.63. The van der Waals surface area contributed by atoms with Crippen molar-refractivity contribution in [2.75, 3.05) is 23.4 Å². The van der Waals surface area contributed by atoms with Gasteiger partial charge in [-0.1, -0.05) is 44.2 Å². The van der Waals surface area contributed by atoms with Crippen LogP contribution in [0, 0.1) is 0 Å². The van der Waals surface area contributed by atoms with Crippen molar-refractivity contribution < 1.29 is 4.79 Å². The summed E-state index contributed by atoms with van der Waals surface area (Å²) in [5, 5.41) is 0. The van der Waals surface area contributed by atoms with E-state index in [1.54, 1.807) is 4.90 Å².